The Morgan fingerprint density at radius 2 is 1.95 bits per heavy atom. The lowest BCUT2D eigenvalue weighted by Crippen LogP contribution is -2.61. The van der Waals surface area contributed by atoms with E-state index in [1.165, 1.54) is 0 Å². The Balaban J connectivity index is 3.13. The van der Waals surface area contributed by atoms with Gasteiger partial charge in [-0.05, 0) is 40.3 Å². The summed E-state index contributed by atoms with van der Waals surface area (Å²) in [5.41, 5.74) is 5.05. The normalized spacial score (nSPS) is 14.1. The summed E-state index contributed by atoms with van der Waals surface area (Å²) in [5.74, 6) is 5.86. The summed E-state index contributed by atoms with van der Waals surface area (Å²) >= 11 is 6.35. The van der Waals surface area contributed by atoms with Crippen LogP contribution in [0.1, 0.15) is 37.9 Å². The van der Waals surface area contributed by atoms with Gasteiger partial charge in [0.05, 0.1) is 5.69 Å². The first kappa shape index (κ1) is 17.4. The number of nitrogens with zero attached hydrogens (tertiary/aromatic N) is 3. The molecule has 1 atom stereocenters. The molecule has 0 fully saturated rings. The lowest BCUT2D eigenvalue weighted by Gasteiger charge is -2.45. The van der Waals surface area contributed by atoms with Crippen LogP contribution in [0.5, 0.6) is 0 Å². The molecule has 0 saturated heterocycles. The third kappa shape index (κ3) is 3.01. The smallest absolute Gasteiger partial charge is 0.130 e. The van der Waals surface area contributed by atoms with Gasteiger partial charge in [0, 0.05) is 24.2 Å². The highest BCUT2D eigenvalue weighted by molar-refractivity contribution is 6.30. The first-order chi connectivity index (χ1) is 9.33. The average molecular weight is 302 g/mol. The zero-order chi connectivity index (χ0) is 15.5. The minimum absolute atomic E-state index is 0.000357. The number of halogens is 1. The molecular formula is C14H28ClN5. The summed E-state index contributed by atoms with van der Waals surface area (Å²) in [4.78, 5) is 2.26. The number of hydrogen-bond donors (Lipinski definition) is 2. The van der Waals surface area contributed by atoms with Gasteiger partial charge >= 0.3 is 0 Å². The average Bonchev–Trinajstić information content (AvgIpc) is 2.64. The van der Waals surface area contributed by atoms with Crippen molar-refractivity contribution < 1.29 is 0 Å². The highest BCUT2D eigenvalue weighted by Crippen LogP contribution is 2.30. The summed E-state index contributed by atoms with van der Waals surface area (Å²) in [6, 6.07) is 0.118. The quantitative estimate of drug-likeness (QED) is 0.596. The highest BCUT2D eigenvalue weighted by atomic mass is 35.5. The van der Waals surface area contributed by atoms with Crippen LogP contribution in [-0.4, -0.2) is 40.4 Å². The van der Waals surface area contributed by atoms with Crippen LogP contribution >= 0.6 is 11.6 Å². The van der Waals surface area contributed by atoms with E-state index in [1.807, 2.05) is 14.0 Å². The maximum Gasteiger partial charge on any atom is 0.130 e. The maximum absolute atomic E-state index is 6.35. The fourth-order valence-electron chi connectivity index (χ4n) is 3.20. The van der Waals surface area contributed by atoms with Crippen LogP contribution in [-0.2, 0) is 13.5 Å². The topological polar surface area (TPSA) is 59.1 Å². The molecule has 0 aliphatic carbocycles. The molecule has 0 amide bonds. The van der Waals surface area contributed by atoms with Gasteiger partial charge in [0.15, 0.2) is 0 Å². The molecule has 5 nitrogen and oxygen atoms in total. The van der Waals surface area contributed by atoms with Crippen molar-refractivity contribution in [1.82, 2.24) is 20.1 Å². The minimum Gasteiger partial charge on any atom is -0.302 e. The molecule has 20 heavy (non-hydrogen) atoms. The number of likely N-dealkylation sites (N-methyl/N-ethyl adjacent to an activating group) is 1. The second-order valence-corrected chi connectivity index (χ2v) is 5.96. The molecule has 3 N–H and O–H groups in total. The number of nitrogens with two attached hydrogens (primary N) is 1. The molecule has 0 aromatic carbocycles. The molecule has 116 valence electrons. The number of rotatable bonds is 7. The molecule has 1 aromatic rings. The van der Waals surface area contributed by atoms with Gasteiger partial charge in [-0.1, -0.05) is 25.4 Å². The number of hydrazine groups is 1. The van der Waals surface area contributed by atoms with Gasteiger partial charge in [-0.15, -0.1) is 0 Å². The Labute approximate surface area is 127 Å². The molecule has 0 saturated carbocycles. The van der Waals surface area contributed by atoms with Crippen molar-refractivity contribution in [1.29, 1.82) is 0 Å². The molecule has 1 unspecified atom stereocenters. The van der Waals surface area contributed by atoms with E-state index in [2.05, 4.69) is 43.4 Å². The van der Waals surface area contributed by atoms with E-state index in [0.29, 0.717) is 5.15 Å². The molecule has 1 heterocycles. The Morgan fingerprint density at radius 1 is 1.40 bits per heavy atom. The SMILES string of the molecule is CCC(CC)(C(Cc1c(C)nn(C)c1Cl)NN)N(C)C. The van der Waals surface area contributed by atoms with Crippen LogP contribution in [0, 0.1) is 6.92 Å². The van der Waals surface area contributed by atoms with E-state index in [4.69, 9.17) is 17.4 Å². The number of hydrogen-bond acceptors (Lipinski definition) is 4. The van der Waals surface area contributed by atoms with Crippen molar-refractivity contribution in [2.24, 2.45) is 12.9 Å². The van der Waals surface area contributed by atoms with Crippen LogP contribution in [0.15, 0.2) is 0 Å². The van der Waals surface area contributed by atoms with E-state index in [-0.39, 0.29) is 11.6 Å². The van der Waals surface area contributed by atoms with Gasteiger partial charge in [-0.25, -0.2) is 0 Å². The van der Waals surface area contributed by atoms with Crippen molar-refractivity contribution in [3.63, 3.8) is 0 Å². The van der Waals surface area contributed by atoms with E-state index in [0.717, 1.165) is 30.5 Å². The molecular weight excluding hydrogens is 274 g/mol. The van der Waals surface area contributed by atoms with Crippen molar-refractivity contribution in [2.45, 2.75) is 51.6 Å². The summed E-state index contributed by atoms with van der Waals surface area (Å²) in [6.45, 7) is 6.39. The van der Waals surface area contributed by atoms with Crippen molar-refractivity contribution >= 4 is 11.6 Å². The van der Waals surface area contributed by atoms with Crippen LogP contribution in [0.4, 0.5) is 0 Å². The van der Waals surface area contributed by atoms with Crippen LogP contribution < -0.4 is 11.3 Å². The Bertz CT molecular complexity index is 437. The van der Waals surface area contributed by atoms with E-state index >= 15 is 0 Å². The van der Waals surface area contributed by atoms with Crippen molar-refractivity contribution in [2.75, 3.05) is 14.1 Å². The lowest BCUT2D eigenvalue weighted by atomic mass is 9.80. The third-order valence-electron chi connectivity index (χ3n) is 4.64. The molecule has 6 heteroatoms. The zero-order valence-corrected chi connectivity index (χ0v) is 14.3. The summed E-state index contributed by atoms with van der Waals surface area (Å²) in [5, 5.41) is 5.08. The molecule has 0 spiro atoms. The minimum atomic E-state index is 0.000357. The fourth-order valence-corrected chi connectivity index (χ4v) is 3.45. The lowest BCUT2D eigenvalue weighted by molar-refractivity contribution is 0.0882. The number of aromatic nitrogens is 2. The summed E-state index contributed by atoms with van der Waals surface area (Å²) in [7, 11) is 6.08. The molecule has 1 aromatic heterocycles. The predicted molar refractivity (Wildman–Crippen MR) is 84.8 cm³/mol. The maximum atomic E-state index is 6.35. The van der Waals surface area contributed by atoms with Gasteiger partial charge < -0.3 is 4.90 Å². The molecule has 0 aliphatic rings. The number of nitrogens with one attached hydrogen (secondary N) is 1. The van der Waals surface area contributed by atoms with E-state index in [1.54, 1.807) is 4.68 Å². The monoisotopic (exact) mass is 301 g/mol. The summed E-state index contributed by atoms with van der Waals surface area (Å²) in [6.07, 6.45) is 2.81. The molecule has 0 bridgehead atoms. The van der Waals surface area contributed by atoms with Crippen LogP contribution in [0.2, 0.25) is 5.15 Å². The van der Waals surface area contributed by atoms with Crippen molar-refractivity contribution in [3.05, 3.63) is 16.4 Å². The summed E-state index contributed by atoms with van der Waals surface area (Å²) < 4.78 is 1.72. The molecule has 0 aliphatic heterocycles. The fraction of sp³-hybridized carbons (Fsp3) is 0.786. The van der Waals surface area contributed by atoms with E-state index in [9.17, 15) is 0 Å². The second-order valence-electron chi connectivity index (χ2n) is 5.61. The van der Waals surface area contributed by atoms with E-state index < -0.39 is 0 Å². The third-order valence-corrected chi connectivity index (χ3v) is 5.12. The van der Waals surface area contributed by atoms with Gasteiger partial charge in [0.25, 0.3) is 0 Å². The van der Waals surface area contributed by atoms with Crippen LogP contribution in [0.25, 0.3) is 0 Å². The van der Waals surface area contributed by atoms with Gasteiger partial charge in [-0.3, -0.25) is 16.0 Å². The Morgan fingerprint density at radius 3 is 2.25 bits per heavy atom. The first-order valence-corrected chi connectivity index (χ1v) is 7.53. The molecule has 0 radical (unpaired) electrons. The second kappa shape index (κ2) is 6.89. The Hall–Kier alpha value is -0.620. The van der Waals surface area contributed by atoms with Crippen molar-refractivity contribution in [3.8, 4) is 0 Å². The largest absolute Gasteiger partial charge is 0.302 e. The first-order valence-electron chi connectivity index (χ1n) is 7.15. The zero-order valence-electron chi connectivity index (χ0n) is 13.5. The number of aryl methyl sites for hydroxylation is 2. The van der Waals surface area contributed by atoms with Gasteiger partial charge in [-0.2, -0.15) is 5.10 Å². The predicted octanol–water partition coefficient (Wildman–Crippen LogP) is 1.88. The highest BCUT2D eigenvalue weighted by Gasteiger charge is 2.38. The Kier molecular flexibility index (Phi) is 6.01. The standard InChI is InChI=1S/C14H28ClN5/c1-7-14(8-2,19(4)5)12(17-16)9-11-10(3)18-20(6)13(11)15/h12,17H,7-9,16H2,1-6H3. The molecule has 1 rings (SSSR count). The van der Waals surface area contributed by atoms with Gasteiger partial charge in [0.2, 0.25) is 0 Å². The van der Waals surface area contributed by atoms with Gasteiger partial charge in [0.1, 0.15) is 5.15 Å². The van der Waals surface area contributed by atoms with Crippen LogP contribution in [0.3, 0.4) is 0 Å².